The van der Waals surface area contributed by atoms with Crippen LogP contribution in [0.1, 0.15) is 39.2 Å². The van der Waals surface area contributed by atoms with E-state index in [1.54, 1.807) is 25.2 Å². The lowest BCUT2D eigenvalue weighted by atomic mass is 9.94. The molecule has 6 nitrogen and oxygen atoms in total. The maximum absolute atomic E-state index is 11.7. The highest BCUT2D eigenvalue weighted by atomic mass is 16.5. The van der Waals surface area contributed by atoms with Gasteiger partial charge in [-0.15, -0.1) is 0 Å². The van der Waals surface area contributed by atoms with Gasteiger partial charge in [-0.3, -0.25) is 4.79 Å². The minimum absolute atomic E-state index is 0.355. The van der Waals surface area contributed by atoms with Crippen molar-refractivity contribution in [3.63, 3.8) is 0 Å². The van der Waals surface area contributed by atoms with E-state index < -0.39 is 0 Å². The van der Waals surface area contributed by atoms with E-state index >= 15 is 0 Å². The monoisotopic (exact) mass is 485 g/mol. The van der Waals surface area contributed by atoms with Crippen molar-refractivity contribution < 1.29 is 14.3 Å². The third kappa shape index (κ3) is 9.63. The van der Waals surface area contributed by atoms with E-state index in [1.807, 2.05) is 31.2 Å². The number of carbonyl (C=O) groups is 1. The number of carbonyl (C=O) groups excluding carboxylic acids is 1. The number of benzene rings is 1. The molecule has 1 aromatic carbocycles. The molecule has 6 heteroatoms. The van der Waals surface area contributed by atoms with Gasteiger partial charge in [0.05, 0.1) is 18.8 Å². The Morgan fingerprint density at radius 3 is 2.34 bits per heavy atom. The molecule has 1 heterocycles. The zero-order valence-corrected chi connectivity index (χ0v) is 23.0. The molecule has 2 atom stereocenters. The first-order valence-electron chi connectivity index (χ1n) is 12.4. The van der Waals surface area contributed by atoms with Crippen molar-refractivity contribution in [1.29, 1.82) is 0 Å². The molecule has 35 heavy (non-hydrogen) atoms. The van der Waals surface area contributed by atoms with Crippen LogP contribution in [0.3, 0.4) is 0 Å². The second-order valence-corrected chi connectivity index (χ2v) is 9.40. The highest BCUT2D eigenvalue weighted by Gasteiger charge is 2.31. The zero-order valence-electron chi connectivity index (χ0n) is 23.0. The molecule has 2 rings (SSSR count). The van der Waals surface area contributed by atoms with Gasteiger partial charge in [-0.25, -0.2) is 0 Å². The molecule has 1 aromatic rings. The van der Waals surface area contributed by atoms with Crippen LogP contribution in [0.5, 0.6) is 0 Å². The summed E-state index contributed by atoms with van der Waals surface area (Å²) in [6, 6.07) is 8.05. The Morgan fingerprint density at radius 2 is 1.91 bits per heavy atom. The number of nitrogens with zero attached hydrogens (tertiary/aromatic N) is 2. The first-order valence-corrected chi connectivity index (χ1v) is 12.4. The molecule has 1 N–H and O–H groups in total. The van der Waals surface area contributed by atoms with Gasteiger partial charge in [-0.2, -0.15) is 0 Å². The zero-order chi connectivity index (χ0) is 26.4. The van der Waals surface area contributed by atoms with Crippen molar-refractivity contribution in [1.82, 2.24) is 10.2 Å². The van der Waals surface area contributed by atoms with Crippen LogP contribution >= 0.6 is 0 Å². The molecule has 0 aromatic heterocycles. The Bertz CT molecular complexity index is 828. The van der Waals surface area contributed by atoms with Crippen LogP contribution < -0.4 is 10.2 Å². The minimum Gasteiger partial charge on any atom is -0.380 e. The molecule has 196 valence electrons. The van der Waals surface area contributed by atoms with Crippen molar-refractivity contribution in [2.24, 2.45) is 5.92 Å². The summed E-state index contributed by atoms with van der Waals surface area (Å²) in [6.07, 6.45) is 4.31. The lowest BCUT2D eigenvalue weighted by Crippen LogP contribution is -2.46. The average molecular weight is 486 g/mol. The molecule has 0 aliphatic carbocycles. The molecule has 2 unspecified atom stereocenters. The largest absolute Gasteiger partial charge is 0.380 e. The Hall–Kier alpha value is -2.41. The van der Waals surface area contributed by atoms with Crippen LogP contribution in [0.25, 0.3) is 0 Å². The number of methoxy groups -OCH3 is 2. The average Bonchev–Trinajstić information content (AvgIpc) is 3.11. The molecule has 0 radical (unpaired) electrons. The predicted molar refractivity (Wildman–Crippen MR) is 148 cm³/mol. The van der Waals surface area contributed by atoms with E-state index in [-0.39, 0.29) is 5.60 Å². The Kier molecular flexibility index (Phi) is 13.6. The second kappa shape index (κ2) is 15.6. The fraction of sp³-hybridized carbons (Fsp3) is 0.552. The number of rotatable bonds is 14. The van der Waals surface area contributed by atoms with Crippen LogP contribution in [-0.4, -0.2) is 71.0 Å². The van der Waals surface area contributed by atoms with Crippen LogP contribution in [0, 0.1) is 12.8 Å². The third-order valence-electron chi connectivity index (χ3n) is 7.05. The molecule has 1 amide bonds. The van der Waals surface area contributed by atoms with Gasteiger partial charge in [0, 0.05) is 51.7 Å². The minimum atomic E-state index is -0.355. The number of hydrogen-bond acceptors (Lipinski definition) is 5. The smallest absolute Gasteiger partial charge is 0.214 e. The fourth-order valence-electron chi connectivity index (χ4n) is 4.17. The van der Waals surface area contributed by atoms with Gasteiger partial charge in [-0.05, 0) is 63.4 Å². The van der Waals surface area contributed by atoms with E-state index in [1.165, 1.54) is 16.8 Å². The molecule has 0 saturated heterocycles. The maximum Gasteiger partial charge on any atom is 0.214 e. The van der Waals surface area contributed by atoms with Gasteiger partial charge < -0.3 is 24.6 Å². The van der Waals surface area contributed by atoms with E-state index in [2.05, 4.69) is 51.2 Å². The standard InChI is InChI=1S/C23H37N3O2.C6H10O/c1-7-23(28-6,16-26(17-27)22-10-8-18(2)9-11-22)12-13-24-14-21-15-25(5)20(4)19(21)3;1-4-6(2)5-7-3/h8-11,17,21,24H,7,12-16H2,1-6H3;4H,1-2,5H2,3H3. The summed E-state index contributed by atoms with van der Waals surface area (Å²) in [5.74, 6) is 0.572. The second-order valence-electron chi connectivity index (χ2n) is 9.40. The molecule has 1 aliphatic heterocycles. The van der Waals surface area contributed by atoms with E-state index in [9.17, 15) is 4.79 Å². The highest BCUT2D eigenvalue weighted by molar-refractivity contribution is 5.75. The first kappa shape index (κ1) is 30.6. The molecule has 0 fully saturated rings. The van der Waals surface area contributed by atoms with Gasteiger partial charge in [0.2, 0.25) is 6.41 Å². The van der Waals surface area contributed by atoms with E-state index in [0.29, 0.717) is 19.1 Å². The third-order valence-corrected chi connectivity index (χ3v) is 7.05. The number of hydrogen-bond donors (Lipinski definition) is 1. The fourth-order valence-corrected chi connectivity index (χ4v) is 4.17. The molecule has 0 saturated carbocycles. The van der Waals surface area contributed by atoms with Crippen LogP contribution in [0.4, 0.5) is 5.69 Å². The predicted octanol–water partition coefficient (Wildman–Crippen LogP) is 4.96. The van der Waals surface area contributed by atoms with E-state index in [0.717, 1.165) is 50.1 Å². The summed E-state index contributed by atoms with van der Waals surface area (Å²) in [5.41, 5.74) is 5.54. The van der Waals surface area contributed by atoms with Gasteiger partial charge >= 0.3 is 0 Å². The Balaban J connectivity index is 0.000000762. The number of nitrogens with one attached hydrogen (secondary N) is 1. The summed E-state index contributed by atoms with van der Waals surface area (Å²) in [5, 5.41) is 3.61. The molecule has 1 aliphatic rings. The van der Waals surface area contributed by atoms with Crippen LogP contribution in [0.2, 0.25) is 0 Å². The lowest BCUT2D eigenvalue weighted by molar-refractivity contribution is -0.108. The number of amides is 1. The van der Waals surface area contributed by atoms with Gasteiger partial charge in [-0.1, -0.05) is 43.9 Å². The van der Waals surface area contributed by atoms with Gasteiger partial charge in [0.15, 0.2) is 0 Å². The summed E-state index contributed by atoms with van der Waals surface area (Å²) in [7, 11) is 5.55. The Labute approximate surface area is 213 Å². The summed E-state index contributed by atoms with van der Waals surface area (Å²) < 4.78 is 10.7. The van der Waals surface area contributed by atoms with Crippen molar-refractivity contribution in [2.75, 3.05) is 59.0 Å². The van der Waals surface area contributed by atoms with Crippen LogP contribution in [-0.2, 0) is 14.3 Å². The van der Waals surface area contributed by atoms with Crippen molar-refractivity contribution in [3.8, 4) is 0 Å². The summed E-state index contributed by atoms with van der Waals surface area (Å²) in [4.78, 5) is 15.8. The maximum atomic E-state index is 11.7. The van der Waals surface area contributed by atoms with E-state index in [4.69, 9.17) is 9.47 Å². The van der Waals surface area contributed by atoms with Crippen molar-refractivity contribution >= 4 is 12.1 Å². The Morgan fingerprint density at radius 1 is 1.26 bits per heavy atom. The van der Waals surface area contributed by atoms with Gasteiger partial charge in [0.1, 0.15) is 0 Å². The highest BCUT2D eigenvalue weighted by Crippen LogP contribution is 2.27. The topological polar surface area (TPSA) is 54.0 Å². The molecular weight excluding hydrogens is 438 g/mol. The number of anilines is 1. The normalized spacial score (nSPS) is 16.9. The molecule has 0 spiro atoms. The van der Waals surface area contributed by atoms with Crippen LogP contribution in [0.15, 0.2) is 60.3 Å². The summed E-state index contributed by atoms with van der Waals surface area (Å²) >= 11 is 0. The van der Waals surface area contributed by atoms with Crippen molar-refractivity contribution in [3.05, 3.63) is 65.9 Å². The molecular formula is C29H47N3O3. The SMILES string of the molecule is C=CC(=C)COC.CCC(CCNCC1CN(C)C(C)=C1C)(CN(C=O)c1ccc(C)cc1)OC. The quantitative estimate of drug-likeness (QED) is 0.229. The van der Waals surface area contributed by atoms with Crippen molar-refractivity contribution in [2.45, 2.75) is 46.1 Å². The number of allylic oxidation sites excluding steroid dienone is 1. The summed E-state index contributed by atoms with van der Waals surface area (Å²) in [6.45, 7) is 19.8. The number of ether oxygens (including phenoxy) is 2. The molecule has 0 bridgehead atoms. The lowest BCUT2D eigenvalue weighted by Gasteiger charge is -2.35. The number of aryl methyl sites for hydroxylation is 1. The van der Waals surface area contributed by atoms with Gasteiger partial charge in [0.25, 0.3) is 0 Å². The first-order chi connectivity index (χ1) is 16.7.